The van der Waals surface area contributed by atoms with Gasteiger partial charge in [-0.25, -0.2) is 4.39 Å². The van der Waals surface area contributed by atoms with Gasteiger partial charge in [-0.1, -0.05) is 12.1 Å². The van der Waals surface area contributed by atoms with Crippen molar-refractivity contribution >= 4 is 11.8 Å². The van der Waals surface area contributed by atoms with E-state index in [0.29, 0.717) is 11.5 Å². The summed E-state index contributed by atoms with van der Waals surface area (Å²) in [5.41, 5.74) is 5.05. The minimum absolute atomic E-state index is 0.0552. The summed E-state index contributed by atoms with van der Waals surface area (Å²) in [4.78, 5) is 24.6. The maximum atomic E-state index is 13.9. The lowest BCUT2D eigenvalue weighted by atomic mass is 10.1. The number of hydrogen-bond acceptors (Lipinski definition) is 5. The van der Waals surface area contributed by atoms with Crippen LogP contribution in [0.15, 0.2) is 59.0 Å². The highest BCUT2D eigenvalue weighted by molar-refractivity contribution is 5.98. The summed E-state index contributed by atoms with van der Waals surface area (Å²) in [7, 11) is 1.47. The molecule has 7 nitrogen and oxygen atoms in total. The molecule has 0 unspecified atom stereocenters. The zero-order valence-corrected chi connectivity index (χ0v) is 16.7. The van der Waals surface area contributed by atoms with Gasteiger partial charge in [0.15, 0.2) is 17.3 Å². The molecule has 0 radical (unpaired) electrons. The lowest BCUT2D eigenvalue weighted by molar-refractivity contribution is 0.0831. The maximum Gasteiger partial charge on any atom is 0.305 e. The summed E-state index contributed by atoms with van der Waals surface area (Å²) in [6.07, 6.45) is -0.0552. The standard InChI is InChI=1S/C22H21FN2O5/c1-13(2)29-18-9-8-14(12-20(18)28-3)21(26)24-25-22(27)19-11-10-17(30-19)15-6-4-5-7-16(15)23/h4-13H,1-3H3,(H,24,26)(H,25,27). The molecule has 0 aliphatic heterocycles. The smallest absolute Gasteiger partial charge is 0.305 e. The minimum atomic E-state index is -0.683. The molecule has 0 spiro atoms. The maximum absolute atomic E-state index is 13.9. The molecule has 0 aliphatic carbocycles. The van der Waals surface area contributed by atoms with E-state index in [1.54, 1.807) is 24.3 Å². The summed E-state index contributed by atoms with van der Waals surface area (Å²) >= 11 is 0. The number of furan rings is 1. The zero-order chi connectivity index (χ0) is 21.7. The van der Waals surface area contributed by atoms with Crippen molar-refractivity contribution in [2.75, 3.05) is 7.11 Å². The van der Waals surface area contributed by atoms with Gasteiger partial charge in [0, 0.05) is 5.56 Å². The third-order valence-electron chi connectivity index (χ3n) is 4.05. The van der Waals surface area contributed by atoms with E-state index in [1.807, 2.05) is 13.8 Å². The number of benzene rings is 2. The molecule has 156 valence electrons. The number of hydrazine groups is 1. The van der Waals surface area contributed by atoms with Crippen LogP contribution in [0.3, 0.4) is 0 Å². The fourth-order valence-electron chi connectivity index (χ4n) is 2.67. The second kappa shape index (κ2) is 9.13. The van der Waals surface area contributed by atoms with Gasteiger partial charge in [-0.3, -0.25) is 20.4 Å². The molecule has 0 saturated heterocycles. The number of rotatable bonds is 6. The number of methoxy groups -OCH3 is 1. The van der Waals surface area contributed by atoms with Crippen molar-refractivity contribution in [3.05, 3.63) is 71.7 Å². The summed E-state index contributed by atoms with van der Waals surface area (Å²) in [5.74, 6) is -0.684. The predicted octanol–water partition coefficient (Wildman–Crippen LogP) is 3.96. The summed E-state index contributed by atoms with van der Waals surface area (Å²) in [6, 6.07) is 13.6. The third-order valence-corrected chi connectivity index (χ3v) is 4.05. The molecule has 0 fully saturated rings. The van der Waals surface area contributed by atoms with Gasteiger partial charge in [0.05, 0.1) is 18.8 Å². The first-order valence-corrected chi connectivity index (χ1v) is 9.19. The van der Waals surface area contributed by atoms with Gasteiger partial charge in [0.1, 0.15) is 11.6 Å². The molecule has 2 amide bonds. The van der Waals surface area contributed by atoms with Crippen LogP contribution in [0, 0.1) is 5.82 Å². The highest BCUT2D eigenvalue weighted by Crippen LogP contribution is 2.29. The van der Waals surface area contributed by atoms with Crippen LogP contribution >= 0.6 is 0 Å². The molecule has 0 atom stereocenters. The van der Waals surface area contributed by atoms with Crippen LogP contribution in [0.25, 0.3) is 11.3 Å². The second-order valence-corrected chi connectivity index (χ2v) is 6.58. The monoisotopic (exact) mass is 412 g/mol. The van der Waals surface area contributed by atoms with E-state index >= 15 is 0 Å². The number of ether oxygens (including phenoxy) is 2. The van der Waals surface area contributed by atoms with Crippen LogP contribution < -0.4 is 20.3 Å². The molecule has 2 N–H and O–H groups in total. The number of carbonyl (C=O) groups excluding carboxylic acids is 2. The van der Waals surface area contributed by atoms with E-state index < -0.39 is 17.6 Å². The Balaban J connectivity index is 1.65. The van der Waals surface area contributed by atoms with Crippen LogP contribution in [-0.2, 0) is 0 Å². The molecule has 3 aromatic rings. The topological polar surface area (TPSA) is 89.8 Å². The van der Waals surface area contributed by atoms with Crippen LogP contribution in [0.2, 0.25) is 0 Å². The molecule has 1 heterocycles. The van der Waals surface area contributed by atoms with Crippen molar-refractivity contribution in [2.45, 2.75) is 20.0 Å². The quantitative estimate of drug-likeness (QED) is 0.599. The summed E-state index contributed by atoms with van der Waals surface area (Å²) < 4.78 is 30.1. The molecule has 0 aliphatic rings. The van der Waals surface area contributed by atoms with Crippen molar-refractivity contribution in [3.63, 3.8) is 0 Å². The fourth-order valence-corrected chi connectivity index (χ4v) is 2.67. The van der Waals surface area contributed by atoms with E-state index in [4.69, 9.17) is 13.9 Å². The van der Waals surface area contributed by atoms with Gasteiger partial charge in [-0.2, -0.15) is 0 Å². The van der Waals surface area contributed by atoms with E-state index in [9.17, 15) is 14.0 Å². The van der Waals surface area contributed by atoms with Crippen LogP contribution in [0.5, 0.6) is 11.5 Å². The number of halogens is 1. The highest BCUT2D eigenvalue weighted by Gasteiger charge is 2.16. The second-order valence-electron chi connectivity index (χ2n) is 6.58. The first-order valence-electron chi connectivity index (χ1n) is 9.19. The molecule has 3 rings (SSSR count). The van der Waals surface area contributed by atoms with Crippen molar-refractivity contribution in [2.24, 2.45) is 0 Å². The Morgan fingerprint density at radius 3 is 2.40 bits per heavy atom. The Hall–Kier alpha value is -3.81. The van der Waals surface area contributed by atoms with E-state index in [-0.39, 0.29) is 28.8 Å². The lowest BCUT2D eigenvalue weighted by Gasteiger charge is -2.14. The minimum Gasteiger partial charge on any atom is -0.493 e. The fraction of sp³-hybridized carbons (Fsp3) is 0.182. The van der Waals surface area contributed by atoms with Crippen molar-refractivity contribution in [1.29, 1.82) is 0 Å². The molecule has 8 heteroatoms. The van der Waals surface area contributed by atoms with Crippen LogP contribution in [-0.4, -0.2) is 25.0 Å². The Morgan fingerprint density at radius 2 is 1.70 bits per heavy atom. The number of carbonyl (C=O) groups is 2. The van der Waals surface area contributed by atoms with Gasteiger partial charge >= 0.3 is 5.91 Å². The normalized spacial score (nSPS) is 10.6. The van der Waals surface area contributed by atoms with E-state index in [0.717, 1.165) is 0 Å². The van der Waals surface area contributed by atoms with Crippen molar-refractivity contribution in [1.82, 2.24) is 10.9 Å². The molecular weight excluding hydrogens is 391 g/mol. The van der Waals surface area contributed by atoms with Gasteiger partial charge in [-0.15, -0.1) is 0 Å². The Morgan fingerprint density at radius 1 is 0.967 bits per heavy atom. The average molecular weight is 412 g/mol. The van der Waals surface area contributed by atoms with Gasteiger partial charge in [0.2, 0.25) is 0 Å². The molecule has 30 heavy (non-hydrogen) atoms. The third kappa shape index (κ3) is 4.78. The first-order chi connectivity index (χ1) is 14.4. The van der Waals surface area contributed by atoms with Crippen LogP contribution in [0.4, 0.5) is 4.39 Å². The predicted molar refractivity (Wildman–Crippen MR) is 108 cm³/mol. The Kier molecular flexibility index (Phi) is 6.36. The van der Waals surface area contributed by atoms with Crippen molar-refractivity contribution < 1.29 is 27.9 Å². The van der Waals surface area contributed by atoms with E-state index in [1.165, 1.54) is 37.4 Å². The van der Waals surface area contributed by atoms with Crippen LogP contribution in [0.1, 0.15) is 34.8 Å². The van der Waals surface area contributed by atoms with E-state index in [2.05, 4.69) is 10.9 Å². The Labute approximate surface area is 172 Å². The molecule has 0 saturated carbocycles. The first kappa shape index (κ1) is 20.9. The average Bonchev–Trinajstić information content (AvgIpc) is 3.22. The molecule has 0 bridgehead atoms. The molecular formula is C22H21FN2O5. The zero-order valence-electron chi connectivity index (χ0n) is 16.7. The summed E-state index contributed by atoms with van der Waals surface area (Å²) in [6.45, 7) is 3.75. The van der Waals surface area contributed by atoms with Gasteiger partial charge < -0.3 is 13.9 Å². The highest BCUT2D eigenvalue weighted by atomic mass is 19.1. The van der Waals surface area contributed by atoms with Gasteiger partial charge in [-0.05, 0) is 56.3 Å². The SMILES string of the molecule is COc1cc(C(=O)NNC(=O)c2ccc(-c3ccccc3F)o2)ccc1OC(C)C. The Bertz CT molecular complexity index is 1060. The number of hydrogen-bond donors (Lipinski definition) is 2. The lowest BCUT2D eigenvalue weighted by Crippen LogP contribution is -2.41. The largest absolute Gasteiger partial charge is 0.493 e. The van der Waals surface area contributed by atoms with Crippen molar-refractivity contribution in [3.8, 4) is 22.8 Å². The van der Waals surface area contributed by atoms with Gasteiger partial charge in [0.25, 0.3) is 5.91 Å². The summed E-state index contributed by atoms with van der Waals surface area (Å²) in [5, 5.41) is 0. The number of amides is 2. The number of nitrogens with one attached hydrogen (secondary N) is 2. The molecule has 2 aromatic carbocycles. The molecule has 1 aromatic heterocycles.